The predicted molar refractivity (Wildman–Crippen MR) is 134 cm³/mol. The van der Waals surface area contributed by atoms with Crippen molar-refractivity contribution in [2.24, 2.45) is 5.92 Å². The number of nitrogens with one attached hydrogen (secondary N) is 2. The Kier molecular flexibility index (Phi) is 7.26. The molecule has 0 radical (unpaired) electrons. The summed E-state index contributed by atoms with van der Waals surface area (Å²) in [4.78, 5) is 49.0. The van der Waals surface area contributed by atoms with Crippen LogP contribution in [0.2, 0.25) is 0 Å². The van der Waals surface area contributed by atoms with Crippen LogP contribution >= 0.6 is 11.3 Å². The summed E-state index contributed by atoms with van der Waals surface area (Å²) in [6, 6.07) is 7.65. The van der Waals surface area contributed by atoms with E-state index < -0.39 is 0 Å². The van der Waals surface area contributed by atoms with Crippen molar-refractivity contribution in [3.8, 4) is 0 Å². The van der Waals surface area contributed by atoms with Crippen molar-refractivity contribution in [1.29, 1.82) is 0 Å². The van der Waals surface area contributed by atoms with Crippen LogP contribution in [-0.4, -0.2) is 46.0 Å². The van der Waals surface area contributed by atoms with Gasteiger partial charge in [-0.25, -0.2) is 4.98 Å². The zero-order valence-corrected chi connectivity index (χ0v) is 20.5. The van der Waals surface area contributed by atoms with Crippen LogP contribution in [0.15, 0.2) is 35.4 Å². The molecule has 0 aliphatic carbocycles. The summed E-state index contributed by atoms with van der Waals surface area (Å²) in [5, 5.41) is 6.48. The van der Waals surface area contributed by atoms with Crippen molar-refractivity contribution in [2.75, 3.05) is 29.9 Å². The van der Waals surface area contributed by atoms with Crippen LogP contribution in [-0.2, 0) is 16.1 Å². The van der Waals surface area contributed by atoms with Gasteiger partial charge < -0.3 is 15.5 Å². The highest BCUT2D eigenvalue weighted by Gasteiger charge is 2.27. The maximum Gasteiger partial charge on any atom is 0.273 e. The number of para-hydroxylation sites is 1. The molecule has 1 fully saturated rings. The Morgan fingerprint density at radius 3 is 2.82 bits per heavy atom. The number of piperidine rings is 1. The molecule has 2 aromatic heterocycles. The predicted octanol–water partition coefficient (Wildman–Crippen LogP) is 2.97. The van der Waals surface area contributed by atoms with Gasteiger partial charge in [0, 0.05) is 25.3 Å². The number of thiazole rings is 1. The molecule has 34 heavy (non-hydrogen) atoms. The zero-order chi connectivity index (χ0) is 24.2. The highest BCUT2D eigenvalue weighted by molar-refractivity contribution is 7.22. The minimum Gasteiger partial charge on any atom is -0.356 e. The highest BCUT2D eigenvalue weighted by atomic mass is 32.1. The average molecular weight is 483 g/mol. The van der Waals surface area contributed by atoms with E-state index in [9.17, 15) is 14.4 Å². The summed E-state index contributed by atoms with van der Waals surface area (Å²) >= 11 is 1.26. The monoisotopic (exact) mass is 482 g/mol. The number of amides is 2. The summed E-state index contributed by atoms with van der Waals surface area (Å²) in [5.74, 6) is -0.0706. The Balaban J connectivity index is 1.51. The third-order valence-corrected chi connectivity index (χ3v) is 7.05. The number of benzene rings is 1. The first-order chi connectivity index (χ1) is 16.4. The molecule has 1 atom stereocenters. The molecule has 3 heterocycles. The lowest BCUT2D eigenvalue weighted by molar-refractivity contribution is -0.125. The number of nitrogens with zero attached hydrogens (tertiary/aromatic N) is 4. The maximum atomic E-state index is 13.1. The van der Waals surface area contributed by atoms with Crippen molar-refractivity contribution in [2.45, 2.75) is 46.1 Å². The molecule has 2 N–H and O–H groups in total. The molecule has 10 heteroatoms. The van der Waals surface area contributed by atoms with Gasteiger partial charge in [-0.15, -0.1) is 0 Å². The maximum absolute atomic E-state index is 13.1. The fourth-order valence-electron chi connectivity index (χ4n) is 4.23. The standard InChI is InChI=1S/C24H30N6O3S/c1-4-25-22(32)16-8-7-11-29(12-16)24-28-21-20(34-24)23(33)30(14-26-21)13-19(31)27-18-10-6-5-9-17(18)15(2)3/h5-6,9-10,14-16H,4,7-8,11-13H2,1-3H3,(H,25,32)(H,27,31)/t16-/m0/s1. The van der Waals surface area contributed by atoms with Gasteiger partial charge in [0.05, 0.1) is 5.92 Å². The van der Waals surface area contributed by atoms with Crippen LogP contribution in [0.1, 0.15) is 45.1 Å². The molecule has 1 aromatic carbocycles. The van der Waals surface area contributed by atoms with Gasteiger partial charge in [0.2, 0.25) is 11.8 Å². The van der Waals surface area contributed by atoms with E-state index in [2.05, 4.69) is 39.3 Å². The van der Waals surface area contributed by atoms with Gasteiger partial charge in [0.25, 0.3) is 5.56 Å². The Bertz CT molecular complexity index is 1250. The number of hydrogen-bond acceptors (Lipinski definition) is 7. The van der Waals surface area contributed by atoms with E-state index in [1.165, 1.54) is 22.2 Å². The molecular weight excluding hydrogens is 452 g/mol. The minimum absolute atomic E-state index is 0.0545. The third kappa shape index (κ3) is 5.11. The summed E-state index contributed by atoms with van der Waals surface area (Å²) in [6.45, 7) is 7.86. The number of hydrogen-bond donors (Lipinski definition) is 2. The highest BCUT2D eigenvalue weighted by Crippen LogP contribution is 2.29. The molecule has 180 valence electrons. The summed E-state index contributed by atoms with van der Waals surface area (Å²) in [7, 11) is 0. The lowest BCUT2D eigenvalue weighted by Gasteiger charge is -2.31. The number of aromatic nitrogens is 3. The van der Waals surface area contributed by atoms with E-state index in [1.807, 2.05) is 31.2 Å². The lowest BCUT2D eigenvalue weighted by Crippen LogP contribution is -2.43. The first-order valence-electron chi connectivity index (χ1n) is 11.6. The average Bonchev–Trinajstić information content (AvgIpc) is 3.27. The number of anilines is 2. The van der Waals surface area contributed by atoms with E-state index in [-0.39, 0.29) is 35.8 Å². The van der Waals surface area contributed by atoms with E-state index in [0.717, 1.165) is 30.6 Å². The number of carbonyl (C=O) groups is 2. The topological polar surface area (TPSA) is 109 Å². The van der Waals surface area contributed by atoms with Gasteiger partial charge >= 0.3 is 0 Å². The smallest absolute Gasteiger partial charge is 0.273 e. The second kappa shape index (κ2) is 10.3. The molecule has 3 aromatic rings. The largest absolute Gasteiger partial charge is 0.356 e. The van der Waals surface area contributed by atoms with Crippen molar-refractivity contribution in [3.05, 3.63) is 46.5 Å². The molecule has 9 nitrogen and oxygen atoms in total. The van der Waals surface area contributed by atoms with Crippen LogP contribution in [0.5, 0.6) is 0 Å². The van der Waals surface area contributed by atoms with Crippen molar-refractivity contribution >= 4 is 44.3 Å². The Morgan fingerprint density at radius 1 is 1.26 bits per heavy atom. The lowest BCUT2D eigenvalue weighted by atomic mass is 9.97. The van der Waals surface area contributed by atoms with Gasteiger partial charge in [-0.05, 0) is 37.3 Å². The van der Waals surface area contributed by atoms with Gasteiger partial charge in [0.1, 0.15) is 17.6 Å². The quantitative estimate of drug-likeness (QED) is 0.536. The van der Waals surface area contributed by atoms with E-state index >= 15 is 0 Å². The van der Waals surface area contributed by atoms with E-state index in [1.54, 1.807) is 0 Å². The van der Waals surface area contributed by atoms with Gasteiger partial charge in [-0.1, -0.05) is 43.4 Å². The molecule has 1 aliphatic rings. The molecule has 1 saturated heterocycles. The van der Waals surface area contributed by atoms with Crippen LogP contribution < -0.4 is 21.1 Å². The minimum atomic E-state index is -0.293. The Morgan fingerprint density at radius 2 is 2.06 bits per heavy atom. The summed E-state index contributed by atoms with van der Waals surface area (Å²) in [5.41, 5.74) is 1.86. The van der Waals surface area contributed by atoms with Crippen molar-refractivity contribution in [1.82, 2.24) is 19.9 Å². The molecular formula is C24H30N6O3S. The molecule has 2 amide bonds. The van der Waals surface area contributed by atoms with Crippen molar-refractivity contribution < 1.29 is 9.59 Å². The first kappa shape index (κ1) is 23.9. The molecule has 0 spiro atoms. The fraction of sp³-hybridized carbons (Fsp3) is 0.458. The van der Waals surface area contributed by atoms with E-state index in [4.69, 9.17) is 0 Å². The second-order valence-electron chi connectivity index (χ2n) is 8.80. The van der Waals surface area contributed by atoms with Crippen LogP contribution in [0.3, 0.4) is 0 Å². The van der Waals surface area contributed by atoms with Crippen LogP contribution in [0.25, 0.3) is 10.3 Å². The van der Waals surface area contributed by atoms with Gasteiger partial charge in [-0.3, -0.25) is 19.0 Å². The third-order valence-electron chi connectivity index (χ3n) is 5.96. The summed E-state index contributed by atoms with van der Waals surface area (Å²) in [6.07, 6.45) is 3.09. The Hall–Kier alpha value is -3.27. The van der Waals surface area contributed by atoms with E-state index in [0.29, 0.717) is 28.6 Å². The summed E-state index contributed by atoms with van der Waals surface area (Å²) < 4.78 is 1.72. The SMILES string of the molecule is CCNC(=O)[C@H]1CCCN(c2nc3ncn(CC(=O)Nc4ccccc4C(C)C)c(=O)c3s2)C1. The number of carbonyl (C=O) groups excluding carboxylic acids is 2. The van der Waals surface area contributed by atoms with Gasteiger partial charge in [-0.2, -0.15) is 4.98 Å². The number of fused-ring (bicyclic) bond motifs is 1. The first-order valence-corrected chi connectivity index (χ1v) is 12.5. The number of rotatable bonds is 7. The normalized spacial score (nSPS) is 16.1. The van der Waals surface area contributed by atoms with Crippen molar-refractivity contribution in [3.63, 3.8) is 0 Å². The molecule has 0 unspecified atom stereocenters. The molecule has 1 aliphatic heterocycles. The molecule has 0 saturated carbocycles. The zero-order valence-electron chi connectivity index (χ0n) is 19.7. The molecule has 0 bridgehead atoms. The Labute approximate surface area is 202 Å². The fourth-order valence-corrected chi connectivity index (χ4v) is 5.23. The van der Waals surface area contributed by atoms with Gasteiger partial charge in [0.15, 0.2) is 10.8 Å². The molecule has 4 rings (SSSR count). The second-order valence-corrected chi connectivity index (χ2v) is 9.77. The van der Waals surface area contributed by atoms with Crippen LogP contribution in [0, 0.1) is 5.92 Å². The van der Waals surface area contributed by atoms with Crippen LogP contribution in [0.4, 0.5) is 10.8 Å².